The molecule has 1 fully saturated rings. The molecule has 2 rings (SSSR count). The van der Waals surface area contributed by atoms with E-state index in [4.69, 9.17) is 4.74 Å². The third-order valence-corrected chi connectivity index (χ3v) is 4.08. The molecule has 1 aromatic carbocycles. The van der Waals surface area contributed by atoms with Gasteiger partial charge in [-0.05, 0) is 19.1 Å². The van der Waals surface area contributed by atoms with Gasteiger partial charge in [-0.2, -0.15) is 0 Å². The first kappa shape index (κ1) is 21.6. The van der Waals surface area contributed by atoms with Gasteiger partial charge in [0.25, 0.3) is 0 Å². The standard InChI is InChI=1S/C16H24BrFN4O.HI/c1-2-19-16(20-5-6-22-7-9-23-10-8-22)21-12-13-3-4-14(17)11-15(13)18;/h3-4,11H,2,5-10,12H2,1H3,(H2,19,20,21);1H. The maximum atomic E-state index is 13.8. The van der Waals surface area contributed by atoms with Crippen molar-refractivity contribution in [1.29, 1.82) is 0 Å². The highest BCUT2D eigenvalue weighted by atomic mass is 127. The second-order valence-corrected chi connectivity index (χ2v) is 6.23. The van der Waals surface area contributed by atoms with E-state index in [1.54, 1.807) is 6.07 Å². The van der Waals surface area contributed by atoms with Gasteiger partial charge in [-0.3, -0.25) is 4.90 Å². The fourth-order valence-electron chi connectivity index (χ4n) is 2.31. The molecule has 0 bridgehead atoms. The minimum absolute atomic E-state index is 0. The summed E-state index contributed by atoms with van der Waals surface area (Å²) in [7, 11) is 0. The highest BCUT2D eigenvalue weighted by Gasteiger charge is 2.09. The van der Waals surface area contributed by atoms with Crippen molar-refractivity contribution in [2.75, 3.05) is 45.9 Å². The Morgan fingerprint density at radius 2 is 2.08 bits per heavy atom. The highest BCUT2D eigenvalue weighted by molar-refractivity contribution is 14.0. The summed E-state index contributed by atoms with van der Waals surface area (Å²) in [6, 6.07) is 5.04. The first-order valence-electron chi connectivity index (χ1n) is 7.95. The van der Waals surface area contributed by atoms with Crippen LogP contribution >= 0.6 is 39.9 Å². The summed E-state index contributed by atoms with van der Waals surface area (Å²) in [6.45, 7) is 8.39. The Kier molecular flexibility index (Phi) is 10.8. The summed E-state index contributed by atoms with van der Waals surface area (Å²) < 4.78 is 19.9. The lowest BCUT2D eigenvalue weighted by Gasteiger charge is -2.26. The summed E-state index contributed by atoms with van der Waals surface area (Å²) in [5, 5.41) is 6.48. The van der Waals surface area contributed by atoms with Gasteiger partial charge in [0.1, 0.15) is 5.82 Å². The summed E-state index contributed by atoms with van der Waals surface area (Å²) in [6.07, 6.45) is 0. The molecule has 0 radical (unpaired) electrons. The quantitative estimate of drug-likeness (QED) is 0.348. The predicted octanol–water partition coefficient (Wildman–Crippen LogP) is 2.59. The normalized spacial score (nSPS) is 15.7. The molecule has 1 saturated heterocycles. The van der Waals surface area contributed by atoms with Crippen LogP contribution in [0.15, 0.2) is 27.7 Å². The van der Waals surface area contributed by atoms with E-state index in [-0.39, 0.29) is 29.8 Å². The molecule has 2 N–H and O–H groups in total. The molecule has 0 saturated carbocycles. The summed E-state index contributed by atoms with van der Waals surface area (Å²) >= 11 is 3.26. The van der Waals surface area contributed by atoms with Gasteiger partial charge in [-0.25, -0.2) is 9.38 Å². The van der Waals surface area contributed by atoms with Crippen LogP contribution in [0.25, 0.3) is 0 Å². The molecule has 0 atom stereocenters. The molecule has 0 spiro atoms. The Hall–Kier alpha value is -0.450. The molecule has 8 heteroatoms. The van der Waals surface area contributed by atoms with Gasteiger partial charge >= 0.3 is 0 Å². The fraction of sp³-hybridized carbons (Fsp3) is 0.562. The largest absolute Gasteiger partial charge is 0.379 e. The number of nitrogens with zero attached hydrogens (tertiary/aromatic N) is 2. The molecule has 1 aromatic rings. The first-order valence-corrected chi connectivity index (χ1v) is 8.74. The lowest BCUT2D eigenvalue weighted by molar-refractivity contribution is 0.0389. The van der Waals surface area contributed by atoms with Crippen LogP contribution < -0.4 is 10.6 Å². The number of morpholine rings is 1. The Labute approximate surface area is 168 Å². The number of ether oxygens (including phenoxy) is 1. The molecule has 1 aliphatic heterocycles. The average molecular weight is 515 g/mol. The van der Waals surface area contributed by atoms with E-state index in [1.807, 2.05) is 13.0 Å². The molecule has 0 unspecified atom stereocenters. The molecule has 136 valence electrons. The highest BCUT2D eigenvalue weighted by Crippen LogP contribution is 2.15. The average Bonchev–Trinajstić information content (AvgIpc) is 2.55. The molecular formula is C16H25BrFIN4O. The van der Waals surface area contributed by atoms with Gasteiger partial charge in [-0.1, -0.05) is 22.0 Å². The zero-order valence-electron chi connectivity index (χ0n) is 13.9. The van der Waals surface area contributed by atoms with Crippen LogP contribution in [0.3, 0.4) is 0 Å². The number of nitrogens with one attached hydrogen (secondary N) is 2. The van der Waals surface area contributed by atoms with Crippen LogP contribution in [-0.2, 0) is 11.3 Å². The molecule has 0 amide bonds. The van der Waals surface area contributed by atoms with Crippen molar-refractivity contribution in [2.45, 2.75) is 13.5 Å². The van der Waals surface area contributed by atoms with E-state index in [9.17, 15) is 4.39 Å². The third-order valence-electron chi connectivity index (χ3n) is 3.59. The zero-order chi connectivity index (χ0) is 16.5. The van der Waals surface area contributed by atoms with Crippen LogP contribution in [0.5, 0.6) is 0 Å². The molecule has 0 aromatic heterocycles. The monoisotopic (exact) mass is 514 g/mol. The summed E-state index contributed by atoms with van der Waals surface area (Å²) in [5.74, 6) is 0.468. The van der Waals surface area contributed by atoms with Gasteiger partial charge in [0.15, 0.2) is 5.96 Å². The van der Waals surface area contributed by atoms with Crippen molar-refractivity contribution >= 4 is 45.9 Å². The van der Waals surface area contributed by atoms with Crippen molar-refractivity contribution in [3.63, 3.8) is 0 Å². The van der Waals surface area contributed by atoms with Gasteiger partial charge in [0, 0.05) is 42.8 Å². The van der Waals surface area contributed by atoms with E-state index >= 15 is 0 Å². The lowest BCUT2D eigenvalue weighted by Crippen LogP contribution is -2.44. The molecule has 1 heterocycles. The number of benzene rings is 1. The maximum absolute atomic E-state index is 13.8. The Balaban J connectivity index is 0.00000288. The molecular weight excluding hydrogens is 490 g/mol. The van der Waals surface area contributed by atoms with Crippen molar-refractivity contribution < 1.29 is 9.13 Å². The SMILES string of the molecule is CCNC(=NCc1ccc(Br)cc1F)NCCN1CCOCC1.I. The van der Waals surface area contributed by atoms with E-state index in [1.165, 1.54) is 6.07 Å². The maximum Gasteiger partial charge on any atom is 0.191 e. The number of guanidine groups is 1. The lowest BCUT2D eigenvalue weighted by atomic mass is 10.2. The van der Waals surface area contributed by atoms with E-state index in [0.717, 1.165) is 50.4 Å². The number of rotatable bonds is 6. The zero-order valence-corrected chi connectivity index (χ0v) is 17.8. The number of hydrogen-bond donors (Lipinski definition) is 2. The molecule has 24 heavy (non-hydrogen) atoms. The van der Waals surface area contributed by atoms with Gasteiger partial charge in [0.2, 0.25) is 0 Å². The van der Waals surface area contributed by atoms with Gasteiger partial charge in [0.05, 0.1) is 19.8 Å². The van der Waals surface area contributed by atoms with Gasteiger partial charge < -0.3 is 15.4 Å². The van der Waals surface area contributed by atoms with Gasteiger partial charge in [-0.15, -0.1) is 24.0 Å². The smallest absolute Gasteiger partial charge is 0.191 e. The van der Waals surface area contributed by atoms with Crippen LogP contribution in [0.4, 0.5) is 4.39 Å². The Morgan fingerprint density at radius 1 is 1.33 bits per heavy atom. The number of hydrogen-bond acceptors (Lipinski definition) is 3. The van der Waals surface area contributed by atoms with Crippen LogP contribution in [0.2, 0.25) is 0 Å². The van der Waals surface area contributed by atoms with E-state index in [2.05, 4.69) is 36.5 Å². The topological polar surface area (TPSA) is 48.9 Å². The fourth-order valence-corrected chi connectivity index (χ4v) is 2.65. The minimum atomic E-state index is -0.243. The second kappa shape index (κ2) is 12.0. The number of aliphatic imine (C=N–C) groups is 1. The first-order chi connectivity index (χ1) is 11.2. The van der Waals surface area contributed by atoms with Crippen molar-refractivity contribution in [3.05, 3.63) is 34.1 Å². The van der Waals surface area contributed by atoms with Crippen molar-refractivity contribution in [2.24, 2.45) is 4.99 Å². The van der Waals surface area contributed by atoms with Crippen LogP contribution in [-0.4, -0.2) is 56.8 Å². The second-order valence-electron chi connectivity index (χ2n) is 5.31. The number of halogens is 3. The third kappa shape index (κ3) is 7.62. The summed E-state index contributed by atoms with van der Waals surface area (Å²) in [5.41, 5.74) is 0.582. The Morgan fingerprint density at radius 3 is 2.75 bits per heavy atom. The Bertz CT molecular complexity index is 527. The molecule has 1 aliphatic rings. The van der Waals surface area contributed by atoms with Crippen molar-refractivity contribution in [1.82, 2.24) is 15.5 Å². The van der Waals surface area contributed by atoms with Crippen LogP contribution in [0.1, 0.15) is 12.5 Å². The van der Waals surface area contributed by atoms with Crippen LogP contribution in [0, 0.1) is 5.82 Å². The van der Waals surface area contributed by atoms with Crippen molar-refractivity contribution in [3.8, 4) is 0 Å². The van der Waals surface area contributed by atoms with E-state index < -0.39 is 0 Å². The van der Waals surface area contributed by atoms with E-state index in [0.29, 0.717) is 18.1 Å². The summed E-state index contributed by atoms with van der Waals surface area (Å²) in [4.78, 5) is 6.81. The minimum Gasteiger partial charge on any atom is -0.379 e. The molecule has 0 aliphatic carbocycles. The molecule has 5 nitrogen and oxygen atoms in total. The predicted molar refractivity (Wildman–Crippen MR) is 110 cm³/mol.